The molecule has 2 aliphatic heterocycles. The Bertz CT molecular complexity index is 1180. The highest BCUT2D eigenvalue weighted by Gasteiger charge is 2.35. The normalized spacial score (nSPS) is 19.7. The summed E-state index contributed by atoms with van der Waals surface area (Å²) >= 11 is 0. The van der Waals surface area contributed by atoms with E-state index in [1.165, 1.54) is 5.56 Å². The number of fused-ring (bicyclic) bond motifs is 1. The summed E-state index contributed by atoms with van der Waals surface area (Å²) in [4.78, 5) is 23.8. The van der Waals surface area contributed by atoms with Crippen LogP contribution in [0.5, 0.6) is 11.5 Å². The number of benzene rings is 1. The number of nitrogens with zero attached hydrogens (tertiary/aromatic N) is 3. The molecule has 3 aromatic rings. The Morgan fingerprint density at radius 3 is 2.81 bits per heavy atom. The van der Waals surface area contributed by atoms with Crippen molar-refractivity contribution in [2.24, 2.45) is 0 Å². The summed E-state index contributed by atoms with van der Waals surface area (Å²) in [6.07, 6.45) is 12.1. The van der Waals surface area contributed by atoms with Gasteiger partial charge in [-0.3, -0.25) is 19.7 Å². The number of carbonyl (C=O) groups is 1. The lowest BCUT2D eigenvalue weighted by molar-refractivity contribution is 0.101. The summed E-state index contributed by atoms with van der Waals surface area (Å²) < 4.78 is 6.09. The molecule has 0 amide bonds. The number of aromatic hydroxyl groups is 1. The third-order valence-electron chi connectivity index (χ3n) is 6.27. The van der Waals surface area contributed by atoms with E-state index in [0.717, 1.165) is 31.4 Å². The molecule has 1 aromatic carbocycles. The number of aromatic nitrogens is 2. The number of carbonyl (C=O) groups excluding carboxylic acids is 1. The number of allylic oxidation sites excluding steroid dienone is 1. The second kappa shape index (κ2) is 8.55. The van der Waals surface area contributed by atoms with Crippen molar-refractivity contribution in [3.8, 4) is 11.5 Å². The Morgan fingerprint density at radius 2 is 2.03 bits per heavy atom. The summed E-state index contributed by atoms with van der Waals surface area (Å²) in [7, 11) is 0. The molecular formula is C26H25N3O3. The molecule has 0 spiro atoms. The Hall–Kier alpha value is -3.51. The first-order chi connectivity index (χ1) is 15.6. The summed E-state index contributed by atoms with van der Waals surface area (Å²) in [6.45, 7) is 3.25. The van der Waals surface area contributed by atoms with Gasteiger partial charge in [0.15, 0.2) is 5.76 Å². The van der Waals surface area contributed by atoms with E-state index in [1.54, 1.807) is 30.7 Å². The highest BCUT2D eigenvalue weighted by Crippen LogP contribution is 2.44. The number of Topliss-reactive ketones (excluding diaryl/α,β-unsaturated/α-hetero) is 1. The summed E-state index contributed by atoms with van der Waals surface area (Å²) in [5.41, 5.74) is 3.92. The van der Waals surface area contributed by atoms with Crippen molar-refractivity contribution < 1.29 is 14.6 Å². The van der Waals surface area contributed by atoms with Crippen molar-refractivity contribution in [1.29, 1.82) is 0 Å². The lowest BCUT2D eigenvalue weighted by atomic mass is 9.94. The fourth-order valence-electron chi connectivity index (χ4n) is 4.68. The van der Waals surface area contributed by atoms with Crippen molar-refractivity contribution in [3.05, 3.63) is 88.7 Å². The number of rotatable bonds is 4. The minimum absolute atomic E-state index is 0.155. The van der Waals surface area contributed by atoms with Crippen LogP contribution in [0.15, 0.2) is 60.9 Å². The van der Waals surface area contributed by atoms with Crippen molar-refractivity contribution >= 4 is 11.9 Å². The van der Waals surface area contributed by atoms with E-state index in [9.17, 15) is 9.90 Å². The number of hydrogen-bond acceptors (Lipinski definition) is 6. The molecule has 162 valence electrons. The molecule has 0 unspecified atom stereocenters. The maximum Gasteiger partial charge on any atom is 0.232 e. The summed E-state index contributed by atoms with van der Waals surface area (Å²) in [5, 5.41) is 10.8. The number of aryl methyl sites for hydroxylation is 1. The molecular weight excluding hydrogens is 402 g/mol. The molecule has 0 bridgehead atoms. The number of phenols is 1. The predicted octanol–water partition coefficient (Wildman–Crippen LogP) is 4.83. The number of hydrogen-bond donors (Lipinski definition) is 1. The summed E-state index contributed by atoms with van der Waals surface area (Å²) in [5.74, 6) is 0.750. The Balaban J connectivity index is 1.50. The van der Waals surface area contributed by atoms with Gasteiger partial charge in [0, 0.05) is 37.4 Å². The molecule has 4 heterocycles. The van der Waals surface area contributed by atoms with E-state index in [1.807, 2.05) is 31.3 Å². The van der Waals surface area contributed by atoms with Gasteiger partial charge in [-0.05, 0) is 73.3 Å². The standard InChI is InChI=1S/C26H25N3O3/c1-17-13-22(30)20(16-29-12-3-2-6-21(29)19-5-4-9-28-15-19)26-24(17)25(31)23(32-26)14-18-7-10-27-11-8-18/h4-5,7-11,13-15,21,30H,2-3,6,12,16H2,1H3/b23-14-/t21-/m0/s1. The number of piperidine rings is 1. The van der Waals surface area contributed by atoms with Crippen LogP contribution in [-0.2, 0) is 6.54 Å². The fraction of sp³-hybridized carbons (Fsp3) is 0.269. The quantitative estimate of drug-likeness (QED) is 0.601. The van der Waals surface area contributed by atoms with Crippen LogP contribution >= 0.6 is 0 Å². The first-order valence-corrected chi connectivity index (χ1v) is 11.0. The van der Waals surface area contributed by atoms with Crippen LogP contribution in [-0.4, -0.2) is 32.3 Å². The van der Waals surface area contributed by atoms with Gasteiger partial charge in [-0.25, -0.2) is 0 Å². The molecule has 2 aliphatic rings. The van der Waals surface area contributed by atoms with Crippen LogP contribution in [0.1, 0.15) is 57.9 Å². The van der Waals surface area contributed by atoms with Crippen LogP contribution in [0.3, 0.4) is 0 Å². The van der Waals surface area contributed by atoms with Gasteiger partial charge in [0.2, 0.25) is 5.78 Å². The Kier molecular flexibility index (Phi) is 5.45. The molecule has 5 rings (SSSR count). The van der Waals surface area contributed by atoms with E-state index in [2.05, 4.69) is 20.9 Å². The van der Waals surface area contributed by atoms with E-state index in [4.69, 9.17) is 4.74 Å². The topological polar surface area (TPSA) is 75.5 Å². The molecule has 0 aliphatic carbocycles. The third-order valence-corrected chi connectivity index (χ3v) is 6.27. The monoisotopic (exact) mass is 427 g/mol. The molecule has 1 saturated heterocycles. The molecule has 0 saturated carbocycles. The number of ether oxygens (including phenoxy) is 1. The van der Waals surface area contributed by atoms with Crippen LogP contribution in [0, 0.1) is 6.92 Å². The number of ketones is 1. The molecule has 0 radical (unpaired) electrons. The van der Waals surface area contributed by atoms with E-state index in [-0.39, 0.29) is 23.3 Å². The number of phenolic OH excluding ortho intramolecular Hbond substituents is 1. The number of pyridine rings is 2. The van der Waals surface area contributed by atoms with Gasteiger partial charge in [0.05, 0.1) is 11.1 Å². The van der Waals surface area contributed by atoms with Gasteiger partial charge in [-0.2, -0.15) is 0 Å². The van der Waals surface area contributed by atoms with E-state index >= 15 is 0 Å². The van der Waals surface area contributed by atoms with Crippen LogP contribution < -0.4 is 4.74 Å². The summed E-state index contributed by atoms with van der Waals surface area (Å²) in [6, 6.07) is 9.60. The molecule has 32 heavy (non-hydrogen) atoms. The molecule has 6 nitrogen and oxygen atoms in total. The van der Waals surface area contributed by atoms with E-state index in [0.29, 0.717) is 29.0 Å². The van der Waals surface area contributed by atoms with Crippen LogP contribution in [0.4, 0.5) is 0 Å². The molecule has 1 atom stereocenters. The minimum atomic E-state index is -0.155. The molecule has 2 aromatic heterocycles. The van der Waals surface area contributed by atoms with Gasteiger partial charge in [0.25, 0.3) is 0 Å². The van der Waals surface area contributed by atoms with Crippen LogP contribution in [0.25, 0.3) is 6.08 Å². The smallest absolute Gasteiger partial charge is 0.232 e. The SMILES string of the molecule is Cc1cc(O)c(CN2CCCC[C@H]2c2cccnc2)c2c1C(=O)/C(=C/c1ccncc1)O2. The second-order valence-electron chi connectivity index (χ2n) is 8.38. The van der Waals surface area contributed by atoms with Crippen LogP contribution in [0.2, 0.25) is 0 Å². The number of likely N-dealkylation sites (tertiary alicyclic amines) is 1. The Labute approximate surface area is 187 Å². The van der Waals surface area contributed by atoms with E-state index < -0.39 is 0 Å². The second-order valence-corrected chi connectivity index (χ2v) is 8.38. The Morgan fingerprint density at radius 1 is 1.19 bits per heavy atom. The average Bonchev–Trinajstić information content (AvgIpc) is 3.14. The molecule has 1 N–H and O–H groups in total. The average molecular weight is 428 g/mol. The third kappa shape index (κ3) is 3.78. The first kappa shape index (κ1) is 20.4. The van der Waals surface area contributed by atoms with Crippen molar-refractivity contribution in [2.45, 2.75) is 38.8 Å². The lowest BCUT2D eigenvalue weighted by Gasteiger charge is -2.36. The van der Waals surface area contributed by atoms with Crippen molar-refractivity contribution in [3.63, 3.8) is 0 Å². The highest BCUT2D eigenvalue weighted by atomic mass is 16.5. The minimum Gasteiger partial charge on any atom is -0.507 e. The lowest BCUT2D eigenvalue weighted by Crippen LogP contribution is -2.33. The van der Waals surface area contributed by atoms with Gasteiger partial charge in [0.1, 0.15) is 11.5 Å². The fourth-order valence-corrected chi connectivity index (χ4v) is 4.68. The molecule has 1 fully saturated rings. The maximum atomic E-state index is 13.2. The predicted molar refractivity (Wildman–Crippen MR) is 121 cm³/mol. The highest BCUT2D eigenvalue weighted by molar-refractivity contribution is 6.15. The maximum absolute atomic E-state index is 13.2. The first-order valence-electron chi connectivity index (χ1n) is 11.0. The van der Waals surface area contributed by atoms with Gasteiger partial charge in [-0.1, -0.05) is 12.5 Å². The van der Waals surface area contributed by atoms with Crippen molar-refractivity contribution in [2.75, 3.05) is 6.54 Å². The van der Waals surface area contributed by atoms with Crippen molar-refractivity contribution in [1.82, 2.24) is 14.9 Å². The zero-order chi connectivity index (χ0) is 22.1. The van der Waals surface area contributed by atoms with Gasteiger partial charge < -0.3 is 9.84 Å². The zero-order valence-electron chi connectivity index (χ0n) is 18.0. The zero-order valence-corrected chi connectivity index (χ0v) is 18.0. The molecule has 6 heteroatoms. The largest absolute Gasteiger partial charge is 0.507 e. The van der Waals surface area contributed by atoms with Gasteiger partial charge >= 0.3 is 0 Å². The van der Waals surface area contributed by atoms with Gasteiger partial charge in [-0.15, -0.1) is 0 Å².